The Bertz CT molecular complexity index is 736. The van der Waals surface area contributed by atoms with Crippen molar-refractivity contribution in [2.75, 3.05) is 54.0 Å². The van der Waals surface area contributed by atoms with Crippen LogP contribution in [0.25, 0.3) is 0 Å². The van der Waals surface area contributed by atoms with Crippen LogP contribution < -0.4 is 14.7 Å². The molecule has 0 spiro atoms. The van der Waals surface area contributed by atoms with E-state index in [1.165, 1.54) is 19.3 Å². The Labute approximate surface area is 159 Å². The number of aromatic nitrogens is 3. The van der Waals surface area contributed by atoms with Crippen molar-refractivity contribution in [2.45, 2.75) is 26.2 Å². The van der Waals surface area contributed by atoms with Crippen LogP contribution in [0.4, 0.5) is 17.5 Å². The summed E-state index contributed by atoms with van der Waals surface area (Å²) in [7, 11) is 0. The standard InChI is InChI=1S/C19H25ClN6/c1-15-22-18(24-7-3-2-4-8-24)13-19(23-15)26-11-9-25(10-12-26)17-6-5-16(20)14-21-17/h5-6,13-14H,2-4,7-12H2,1H3. The summed E-state index contributed by atoms with van der Waals surface area (Å²) in [5.74, 6) is 3.96. The zero-order valence-corrected chi connectivity index (χ0v) is 16.0. The zero-order chi connectivity index (χ0) is 17.9. The van der Waals surface area contributed by atoms with Crippen molar-refractivity contribution < 1.29 is 0 Å². The van der Waals surface area contributed by atoms with E-state index >= 15 is 0 Å². The maximum Gasteiger partial charge on any atom is 0.134 e. The average Bonchev–Trinajstić information content (AvgIpc) is 2.69. The molecule has 26 heavy (non-hydrogen) atoms. The Hall–Kier alpha value is -2.08. The van der Waals surface area contributed by atoms with Gasteiger partial charge < -0.3 is 14.7 Å². The molecule has 2 aliphatic heterocycles. The van der Waals surface area contributed by atoms with Crippen molar-refractivity contribution in [1.29, 1.82) is 0 Å². The second-order valence-electron chi connectivity index (χ2n) is 6.99. The highest BCUT2D eigenvalue weighted by molar-refractivity contribution is 6.30. The van der Waals surface area contributed by atoms with Gasteiger partial charge in [0, 0.05) is 51.5 Å². The van der Waals surface area contributed by atoms with E-state index in [1.54, 1.807) is 6.20 Å². The van der Waals surface area contributed by atoms with E-state index in [0.717, 1.165) is 62.5 Å². The van der Waals surface area contributed by atoms with Gasteiger partial charge in [-0.2, -0.15) is 0 Å². The van der Waals surface area contributed by atoms with Crippen molar-refractivity contribution >= 4 is 29.1 Å². The molecule has 2 aromatic rings. The molecule has 2 aromatic heterocycles. The van der Waals surface area contributed by atoms with Gasteiger partial charge in [0.05, 0.1) is 5.02 Å². The molecule has 0 saturated carbocycles. The molecule has 0 unspecified atom stereocenters. The molecule has 2 fully saturated rings. The van der Waals surface area contributed by atoms with E-state index in [-0.39, 0.29) is 0 Å². The molecule has 0 bridgehead atoms. The SMILES string of the molecule is Cc1nc(N2CCCCC2)cc(N2CCN(c3ccc(Cl)cn3)CC2)n1. The molecule has 7 heteroatoms. The third-order valence-electron chi connectivity index (χ3n) is 5.13. The monoisotopic (exact) mass is 372 g/mol. The second-order valence-corrected chi connectivity index (χ2v) is 7.42. The predicted octanol–water partition coefficient (Wildman–Crippen LogP) is 3.15. The predicted molar refractivity (Wildman–Crippen MR) is 107 cm³/mol. The molecule has 0 radical (unpaired) electrons. The Morgan fingerprint density at radius 2 is 1.35 bits per heavy atom. The lowest BCUT2D eigenvalue weighted by Gasteiger charge is -2.36. The van der Waals surface area contributed by atoms with Crippen LogP contribution in [-0.4, -0.2) is 54.2 Å². The fraction of sp³-hybridized carbons (Fsp3) is 0.526. The lowest BCUT2D eigenvalue weighted by atomic mass is 10.1. The lowest BCUT2D eigenvalue weighted by Crippen LogP contribution is -2.47. The first-order chi connectivity index (χ1) is 12.7. The number of pyridine rings is 1. The van der Waals surface area contributed by atoms with E-state index in [4.69, 9.17) is 16.6 Å². The van der Waals surface area contributed by atoms with Gasteiger partial charge in [0.2, 0.25) is 0 Å². The van der Waals surface area contributed by atoms with Crippen LogP contribution in [0.2, 0.25) is 5.02 Å². The summed E-state index contributed by atoms with van der Waals surface area (Å²) in [5.41, 5.74) is 0. The lowest BCUT2D eigenvalue weighted by molar-refractivity contribution is 0.572. The smallest absolute Gasteiger partial charge is 0.134 e. The number of anilines is 3. The summed E-state index contributed by atoms with van der Waals surface area (Å²) in [6, 6.07) is 6.05. The molecular formula is C19H25ClN6. The number of piperidine rings is 1. The van der Waals surface area contributed by atoms with E-state index in [0.29, 0.717) is 5.02 Å². The number of halogens is 1. The van der Waals surface area contributed by atoms with Gasteiger partial charge in [-0.3, -0.25) is 0 Å². The first-order valence-electron chi connectivity index (χ1n) is 9.41. The molecule has 0 aromatic carbocycles. The first-order valence-corrected chi connectivity index (χ1v) is 9.79. The van der Waals surface area contributed by atoms with E-state index < -0.39 is 0 Å². The van der Waals surface area contributed by atoms with Crippen LogP contribution in [0.1, 0.15) is 25.1 Å². The van der Waals surface area contributed by atoms with Gasteiger partial charge >= 0.3 is 0 Å². The maximum absolute atomic E-state index is 5.94. The molecule has 0 aliphatic carbocycles. The van der Waals surface area contributed by atoms with Gasteiger partial charge in [0.1, 0.15) is 23.3 Å². The van der Waals surface area contributed by atoms with Crippen molar-refractivity contribution in [3.05, 3.63) is 35.2 Å². The Balaban J connectivity index is 1.45. The molecule has 0 atom stereocenters. The zero-order valence-electron chi connectivity index (χ0n) is 15.2. The van der Waals surface area contributed by atoms with Gasteiger partial charge in [0.15, 0.2) is 0 Å². The summed E-state index contributed by atoms with van der Waals surface area (Å²) in [6.45, 7) is 7.91. The van der Waals surface area contributed by atoms with Crippen LogP contribution >= 0.6 is 11.6 Å². The van der Waals surface area contributed by atoms with Crippen LogP contribution in [0, 0.1) is 6.92 Å². The van der Waals surface area contributed by atoms with E-state index in [9.17, 15) is 0 Å². The van der Waals surface area contributed by atoms with Gasteiger partial charge in [-0.15, -0.1) is 0 Å². The Kier molecular flexibility index (Phi) is 5.11. The minimum atomic E-state index is 0.675. The normalized spacial score (nSPS) is 18.3. The molecule has 4 heterocycles. The van der Waals surface area contributed by atoms with Crippen LogP contribution in [-0.2, 0) is 0 Å². The van der Waals surface area contributed by atoms with Crippen molar-refractivity contribution in [1.82, 2.24) is 15.0 Å². The fourth-order valence-electron chi connectivity index (χ4n) is 3.70. The molecule has 0 N–H and O–H groups in total. The van der Waals surface area contributed by atoms with Crippen LogP contribution in [0.3, 0.4) is 0 Å². The van der Waals surface area contributed by atoms with Crippen molar-refractivity contribution in [3.63, 3.8) is 0 Å². The van der Waals surface area contributed by atoms with E-state index in [2.05, 4.69) is 30.7 Å². The highest BCUT2D eigenvalue weighted by Crippen LogP contribution is 2.24. The second kappa shape index (κ2) is 7.66. The number of hydrogen-bond donors (Lipinski definition) is 0. The van der Waals surface area contributed by atoms with Gasteiger partial charge in [-0.25, -0.2) is 15.0 Å². The van der Waals surface area contributed by atoms with Crippen LogP contribution in [0.5, 0.6) is 0 Å². The first kappa shape index (κ1) is 17.3. The molecule has 6 nitrogen and oxygen atoms in total. The highest BCUT2D eigenvalue weighted by Gasteiger charge is 2.21. The fourth-order valence-corrected chi connectivity index (χ4v) is 3.82. The maximum atomic E-state index is 5.94. The number of rotatable bonds is 3. The number of nitrogens with zero attached hydrogens (tertiary/aromatic N) is 6. The largest absolute Gasteiger partial charge is 0.356 e. The Morgan fingerprint density at radius 1 is 0.769 bits per heavy atom. The summed E-state index contributed by atoms with van der Waals surface area (Å²) in [6.07, 6.45) is 5.55. The number of aryl methyl sites for hydroxylation is 1. The summed E-state index contributed by atoms with van der Waals surface area (Å²) in [5, 5.41) is 0.675. The van der Waals surface area contributed by atoms with Crippen molar-refractivity contribution in [3.8, 4) is 0 Å². The van der Waals surface area contributed by atoms with E-state index in [1.807, 2.05) is 19.1 Å². The molecule has 138 valence electrons. The topological polar surface area (TPSA) is 48.4 Å². The quantitative estimate of drug-likeness (QED) is 0.824. The number of hydrogen-bond acceptors (Lipinski definition) is 6. The summed E-state index contributed by atoms with van der Waals surface area (Å²) in [4.78, 5) is 20.9. The third kappa shape index (κ3) is 3.85. The summed E-state index contributed by atoms with van der Waals surface area (Å²) < 4.78 is 0. The van der Waals surface area contributed by atoms with Gasteiger partial charge in [-0.1, -0.05) is 11.6 Å². The molecule has 2 saturated heterocycles. The number of piperazine rings is 1. The molecule has 0 amide bonds. The average molecular weight is 373 g/mol. The highest BCUT2D eigenvalue weighted by atomic mass is 35.5. The molecule has 2 aliphatic rings. The van der Waals surface area contributed by atoms with Gasteiger partial charge in [0.25, 0.3) is 0 Å². The van der Waals surface area contributed by atoms with Crippen molar-refractivity contribution in [2.24, 2.45) is 0 Å². The van der Waals surface area contributed by atoms with Crippen LogP contribution in [0.15, 0.2) is 24.4 Å². The van der Waals surface area contributed by atoms with Gasteiger partial charge in [-0.05, 0) is 38.3 Å². The summed E-state index contributed by atoms with van der Waals surface area (Å²) >= 11 is 5.94. The molecule has 4 rings (SSSR count). The molecular weight excluding hydrogens is 348 g/mol. The Morgan fingerprint density at radius 3 is 1.92 bits per heavy atom. The minimum Gasteiger partial charge on any atom is -0.356 e. The minimum absolute atomic E-state index is 0.675. The third-order valence-corrected chi connectivity index (χ3v) is 5.35.